The van der Waals surface area contributed by atoms with E-state index < -0.39 is 12.2 Å². The Balaban J connectivity index is 1.18. The Labute approximate surface area is 190 Å². The molecular formula is C23H23FN6O3. The standard InChI is InChI=1S/C23H23FN6O3/c1-13(31)26-9-16-10-30(23(32)33-16)15-3-4-20(19(24)6-15)29-11-17-18(12-29)22(17)28-21-5-2-14(7-25)8-27-21/h2-6,8,16-18,22H,9-12H2,1H3,(H,26,31)(H,27,28)/t16-,17?,18?,22?/m0/s1. The normalized spacial score (nSPS) is 25.3. The van der Waals surface area contributed by atoms with Gasteiger partial charge in [-0.05, 0) is 30.3 Å². The third-order valence-electron chi connectivity index (χ3n) is 6.44. The number of aromatic nitrogens is 1. The SMILES string of the molecule is CC(=O)NC[C@H]1CN(c2ccc(N3CC4C(C3)C4Nc3ccc(C#N)cn3)c(F)c2)C(=O)O1. The van der Waals surface area contributed by atoms with Crippen LogP contribution in [0.4, 0.5) is 26.4 Å². The summed E-state index contributed by atoms with van der Waals surface area (Å²) in [5.74, 6) is 0.971. The lowest BCUT2D eigenvalue weighted by molar-refractivity contribution is -0.119. The van der Waals surface area contributed by atoms with Gasteiger partial charge in [-0.2, -0.15) is 5.26 Å². The zero-order valence-electron chi connectivity index (χ0n) is 18.0. The van der Waals surface area contributed by atoms with Gasteiger partial charge in [0.25, 0.3) is 0 Å². The first-order valence-electron chi connectivity index (χ1n) is 10.8. The minimum absolute atomic E-state index is 0.200. The van der Waals surface area contributed by atoms with Crippen LogP contribution in [0, 0.1) is 29.0 Å². The topological polar surface area (TPSA) is 111 Å². The number of hydrogen-bond acceptors (Lipinski definition) is 7. The van der Waals surface area contributed by atoms with Crippen molar-refractivity contribution in [3.8, 4) is 6.07 Å². The third kappa shape index (κ3) is 4.14. The van der Waals surface area contributed by atoms with Crippen LogP contribution in [-0.4, -0.2) is 55.3 Å². The number of carbonyl (C=O) groups is 2. The molecule has 2 unspecified atom stereocenters. The van der Waals surface area contributed by atoms with Crippen LogP contribution >= 0.6 is 0 Å². The molecule has 9 nitrogen and oxygen atoms in total. The molecule has 0 bridgehead atoms. The van der Waals surface area contributed by atoms with Gasteiger partial charge in [0.05, 0.1) is 30.0 Å². The number of amides is 2. The number of halogens is 1. The molecule has 0 radical (unpaired) electrons. The van der Waals surface area contributed by atoms with E-state index in [1.54, 1.807) is 30.5 Å². The Hall–Kier alpha value is -3.87. The summed E-state index contributed by atoms with van der Waals surface area (Å²) in [5.41, 5.74) is 1.47. The summed E-state index contributed by atoms with van der Waals surface area (Å²) in [6, 6.07) is 10.7. The summed E-state index contributed by atoms with van der Waals surface area (Å²) in [5, 5.41) is 14.9. The highest BCUT2D eigenvalue weighted by molar-refractivity contribution is 5.90. The Morgan fingerprint density at radius 3 is 2.70 bits per heavy atom. The fraction of sp³-hybridized carbons (Fsp3) is 0.391. The molecule has 10 heteroatoms. The number of cyclic esters (lactones) is 1. The monoisotopic (exact) mass is 450 g/mol. The molecule has 1 aliphatic carbocycles. The molecule has 3 heterocycles. The van der Waals surface area contributed by atoms with Crippen LogP contribution in [0.25, 0.3) is 0 Å². The fourth-order valence-corrected chi connectivity index (χ4v) is 4.67. The molecule has 3 fully saturated rings. The highest BCUT2D eigenvalue weighted by atomic mass is 19.1. The van der Waals surface area contributed by atoms with Crippen molar-refractivity contribution in [1.29, 1.82) is 5.26 Å². The van der Waals surface area contributed by atoms with Crippen LogP contribution in [-0.2, 0) is 9.53 Å². The molecule has 2 N–H and O–H groups in total. The number of ether oxygens (including phenoxy) is 1. The Morgan fingerprint density at radius 1 is 1.27 bits per heavy atom. The summed E-state index contributed by atoms with van der Waals surface area (Å²) < 4.78 is 20.2. The van der Waals surface area contributed by atoms with Gasteiger partial charge in [-0.3, -0.25) is 9.69 Å². The van der Waals surface area contributed by atoms with Crippen LogP contribution in [0.15, 0.2) is 36.5 Å². The molecule has 2 saturated heterocycles. The summed E-state index contributed by atoms with van der Waals surface area (Å²) in [6.45, 7) is 3.34. The van der Waals surface area contributed by atoms with E-state index in [-0.39, 0.29) is 24.8 Å². The summed E-state index contributed by atoms with van der Waals surface area (Å²) >= 11 is 0. The number of nitrogens with one attached hydrogen (secondary N) is 2. The maximum absolute atomic E-state index is 15.0. The second kappa shape index (κ2) is 8.24. The molecular weight excluding hydrogens is 427 g/mol. The van der Waals surface area contributed by atoms with Gasteiger partial charge >= 0.3 is 6.09 Å². The van der Waals surface area contributed by atoms with E-state index >= 15 is 0 Å². The number of fused-ring (bicyclic) bond motifs is 1. The maximum atomic E-state index is 15.0. The van der Waals surface area contributed by atoms with Gasteiger partial charge in [0.1, 0.15) is 23.8 Å². The number of carbonyl (C=O) groups excluding carboxylic acids is 2. The molecule has 1 aromatic heterocycles. The van der Waals surface area contributed by atoms with Crippen LogP contribution in [0.2, 0.25) is 0 Å². The van der Waals surface area contributed by atoms with Crippen molar-refractivity contribution >= 4 is 29.2 Å². The molecule has 170 valence electrons. The van der Waals surface area contributed by atoms with Crippen LogP contribution in [0.5, 0.6) is 0 Å². The first-order valence-corrected chi connectivity index (χ1v) is 10.8. The average molecular weight is 450 g/mol. The van der Waals surface area contributed by atoms with E-state index in [1.807, 2.05) is 4.90 Å². The average Bonchev–Trinajstić information content (AvgIpc) is 3.13. The zero-order valence-corrected chi connectivity index (χ0v) is 18.0. The second-order valence-corrected chi connectivity index (χ2v) is 8.64. The van der Waals surface area contributed by atoms with E-state index in [4.69, 9.17) is 10.00 Å². The number of nitrogens with zero attached hydrogens (tertiary/aromatic N) is 4. The smallest absolute Gasteiger partial charge is 0.414 e. The lowest BCUT2D eigenvalue weighted by atomic mass is 10.2. The first kappa shape index (κ1) is 21.0. The molecule has 3 atom stereocenters. The Kier molecular flexibility index (Phi) is 5.24. The number of pyridine rings is 1. The van der Waals surface area contributed by atoms with Crippen molar-refractivity contribution in [3.63, 3.8) is 0 Å². The lowest BCUT2D eigenvalue weighted by Gasteiger charge is -2.24. The van der Waals surface area contributed by atoms with Crippen molar-refractivity contribution in [1.82, 2.24) is 10.3 Å². The molecule has 1 aromatic carbocycles. The second-order valence-electron chi connectivity index (χ2n) is 8.64. The van der Waals surface area contributed by atoms with Crippen LogP contribution in [0.1, 0.15) is 12.5 Å². The lowest BCUT2D eigenvalue weighted by Crippen LogP contribution is -2.33. The number of hydrogen-bond donors (Lipinski definition) is 2. The summed E-state index contributed by atoms with van der Waals surface area (Å²) in [7, 11) is 0. The van der Waals surface area contributed by atoms with Gasteiger partial charge in [-0.25, -0.2) is 14.2 Å². The minimum Gasteiger partial charge on any atom is -0.442 e. The quantitative estimate of drug-likeness (QED) is 0.693. The van der Waals surface area contributed by atoms with Crippen LogP contribution < -0.4 is 20.4 Å². The van der Waals surface area contributed by atoms with E-state index in [0.717, 1.165) is 18.9 Å². The summed E-state index contributed by atoms with van der Waals surface area (Å²) in [4.78, 5) is 30.9. The zero-order chi connectivity index (χ0) is 23.1. The largest absolute Gasteiger partial charge is 0.442 e. The number of anilines is 3. The van der Waals surface area contributed by atoms with Crippen molar-refractivity contribution in [3.05, 3.63) is 47.9 Å². The predicted octanol–water partition coefficient (Wildman–Crippen LogP) is 2.10. The minimum atomic E-state index is -0.551. The highest BCUT2D eigenvalue weighted by Crippen LogP contribution is 2.48. The van der Waals surface area contributed by atoms with Gasteiger partial charge < -0.3 is 20.3 Å². The predicted molar refractivity (Wildman–Crippen MR) is 118 cm³/mol. The highest BCUT2D eigenvalue weighted by Gasteiger charge is 2.56. The van der Waals surface area contributed by atoms with Crippen LogP contribution in [0.3, 0.4) is 0 Å². The van der Waals surface area contributed by atoms with Crippen molar-refractivity contribution in [2.75, 3.05) is 41.3 Å². The number of nitriles is 1. The van der Waals surface area contributed by atoms with Crippen molar-refractivity contribution < 1.29 is 18.7 Å². The maximum Gasteiger partial charge on any atom is 0.414 e. The van der Waals surface area contributed by atoms with E-state index in [9.17, 15) is 14.0 Å². The molecule has 33 heavy (non-hydrogen) atoms. The fourth-order valence-electron chi connectivity index (χ4n) is 4.67. The molecule has 1 saturated carbocycles. The molecule has 0 spiro atoms. The molecule has 2 amide bonds. The number of rotatable bonds is 6. The van der Waals surface area contributed by atoms with E-state index in [2.05, 4.69) is 21.7 Å². The number of benzene rings is 1. The molecule has 2 aromatic rings. The molecule has 2 aliphatic heterocycles. The van der Waals surface area contributed by atoms with Gasteiger partial charge in [0, 0.05) is 44.1 Å². The van der Waals surface area contributed by atoms with Gasteiger partial charge in [-0.1, -0.05) is 0 Å². The van der Waals surface area contributed by atoms with Crippen molar-refractivity contribution in [2.45, 2.75) is 19.1 Å². The Morgan fingerprint density at radius 2 is 2.06 bits per heavy atom. The van der Waals surface area contributed by atoms with E-state index in [1.165, 1.54) is 17.9 Å². The molecule has 3 aliphatic rings. The van der Waals surface area contributed by atoms with Gasteiger partial charge in [0.2, 0.25) is 5.91 Å². The molecule has 5 rings (SSSR count). The first-order chi connectivity index (χ1) is 15.9. The number of piperidine rings is 1. The summed E-state index contributed by atoms with van der Waals surface area (Å²) in [6.07, 6.45) is 0.525. The van der Waals surface area contributed by atoms with Gasteiger partial charge in [0.15, 0.2) is 0 Å². The Bertz CT molecular complexity index is 1120. The van der Waals surface area contributed by atoms with Crippen molar-refractivity contribution in [2.24, 2.45) is 11.8 Å². The third-order valence-corrected chi connectivity index (χ3v) is 6.44. The van der Waals surface area contributed by atoms with E-state index in [0.29, 0.717) is 34.8 Å². The van der Waals surface area contributed by atoms with Gasteiger partial charge in [-0.15, -0.1) is 0 Å².